The Balaban J connectivity index is 2.18. The molecule has 0 atom stereocenters. The molecule has 0 unspecified atom stereocenters. The lowest BCUT2D eigenvalue weighted by atomic mass is 10.1. The third-order valence-corrected chi connectivity index (χ3v) is 2.94. The first-order valence-corrected chi connectivity index (χ1v) is 5.08. The predicted molar refractivity (Wildman–Crippen MR) is 54.3 cm³/mol. The summed E-state index contributed by atoms with van der Waals surface area (Å²) in [5.41, 5.74) is 0. The van der Waals surface area contributed by atoms with E-state index in [1.54, 1.807) is 6.33 Å². The van der Waals surface area contributed by atoms with Crippen LogP contribution in [0.15, 0.2) is 6.33 Å². The lowest BCUT2D eigenvalue weighted by Crippen LogP contribution is -2.29. The standard InChI is InChI=1S/C9H14ClN3/c1-12-7-11-9(8(12)10)13-5-3-2-4-6-13/h7H,2-6H2,1H3. The van der Waals surface area contributed by atoms with Gasteiger partial charge in [0.15, 0.2) is 11.0 Å². The fourth-order valence-electron chi connectivity index (χ4n) is 1.72. The molecule has 72 valence electrons. The van der Waals surface area contributed by atoms with E-state index < -0.39 is 0 Å². The largest absolute Gasteiger partial charge is 0.354 e. The zero-order valence-electron chi connectivity index (χ0n) is 7.83. The van der Waals surface area contributed by atoms with Crippen LogP contribution >= 0.6 is 11.6 Å². The first kappa shape index (κ1) is 8.88. The molecule has 1 aromatic rings. The fourth-order valence-corrected chi connectivity index (χ4v) is 1.93. The smallest absolute Gasteiger partial charge is 0.166 e. The lowest BCUT2D eigenvalue weighted by Gasteiger charge is -2.26. The zero-order chi connectivity index (χ0) is 9.26. The molecule has 1 aliphatic rings. The van der Waals surface area contributed by atoms with E-state index in [0.717, 1.165) is 24.1 Å². The molecule has 3 nitrogen and oxygen atoms in total. The Morgan fingerprint density at radius 1 is 1.31 bits per heavy atom. The summed E-state index contributed by atoms with van der Waals surface area (Å²) >= 11 is 6.10. The predicted octanol–water partition coefficient (Wildman–Crippen LogP) is 2.06. The summed E-state index contributed by atoms with van der Waals surface area (Å²) in [6.45, 7) is 2.19. The number of nitrogens with zero attached hydrogens (tertiary/aromatic N) is 3. The number of piperidine rings is 1. The van der Waals surface area contributed by atoms with Gasteiger partial charge < -0.3 is 9.47 Å². The summed E-state index contributed by atoms with van der Waals surface area (Å²) in [4.78, 5) is 6.57. The molecule has 0 amide bonds. The maximum Gasteiger partial charge on any atom is 0.166 e. The van der Waals surface area contributed by atoms with Crippen LogP contribution in [0.4, 0.5) is 5.82 Å². The summed E-state index contributed by atoms with van der Waals surface area (Å²) in [5.74, 6) is 0.948. The van der Waals surface area contributed by atoms with Crippen LogP contribution < -0.4 is 4.90 Å². The molecule has 1 aromatic heterocycles. The van der Waals surface area contributed by atoms with Crippen molar-refractivity contribution in [1.29, 1.82) is 0 Å². The Hall–Kier alpha value is -0.700. The second-order valence-electron chi connectivity index (χ2n) is 3.52. The van der Waals surface area contributed by atoms with E-state index in [1.807, 2.05) is 11.6 Å². The summed E-state index contributed by atoms with van der Waals surface area (Å²) in [6, 6.07) is 0. The molecule has 0 aliphatic carbocycles. The van der Waals surface area contributed by atoms with Gasteiger partial charge in [-0.2, -0.15) is 0 Å². The number of aryl methyl sites for hydroxylation is 1. The van der Waals surface area contributed by atoms with Crippen molar-refractivity contribution in [2.45, 2.75) is 19.3 Å². The van der Waals surface area contributed by atoms with E-state index in [1.165, 1.54) is 19.3 Å². The number of imidazole rings is 1. The third-order valence-electron chi connectivity index (χ3n) is 2.50. The summed E-state index contributed by atoms with van der Waals surface area (Å²) in [6.07, 6.45) is 5.62. The van der Waals surface area contributed by atoms with Gasteiger partial charge >= 0.3 is 0 Å². The topological polar surface area (TPSA) is 21.1 Å². The van der Waals surface area contributed by atoms with Gasteiger partial charge in [-0.25, -0.2) is 4.98 Å². The Bertz CT molecular complexity index is 289. The molecule has 1 saturated heterocycles. The monoisotopic (exact) mass is 199 g/mol. The van der Waals surface area contributed by atoms with Gasteiger partial charge in [0.1, 0.15) is 0 Å². The van der Waals surface area contributed by atoms with Gasteiger partial charge in [0.2, 0.25) is 0 Å². The summed E-state index contributed by atoms with van der Waals surface area (Å²) in [7, 11) is 1.92. The van der Waals surface area contributed by atoms with Gasteiger partial charge in [0.05, 0.1) is 6.33 Å². The lowest BCUT2D eigenvalue weighted by molar-refractivity contribution is 0.574. The second kappa shape index (κ2) is 3.58. The molecular formula is C9H14ClN3. The van der Waals surface area contributed by atoms with E-state index in [-0.39, 0.29) is 0 Å². The van der Waals surface area contributed by atoms with Crippen LogP contribution in [0.1, 0.15) is 19.3 Å². The van der Waals surface area contributed by atoms with Gasteiger partial charge in [-0.3, -0.25) is 0 Å². The van der Waals surface area contributed by atoms with Gasteiger partial charge in [-0.15, -0.1) is 0 Å². The minimum atomic E-state index is 0.752. The van der Waals surface area contributed by atoms with Crippen molar-refractivity contribution in [2.75, 3.05) is 18.0 Å². The molecular weight excluding hydrogens is 186 g/mol. The van der Waals surface area contributed by atoms with E-state index >= 15 is 0 Å². The van der Waals surface area contributed by atoms with Crippen LogP contribution in [0, 0.1) is 0 Å². The average Bonchev–Trinajstić information content (AvgIpc) is 2.49. The van der Waals surface area contributed by atoms with Crippen LogP contribution in [0.5, 0.6) is 0 Å². The Labute approximate surface area is 83.3 Å². The summed E-state index contributed by atoms with van der Waals surface area (Å²) < 4.78 is 1.85. The van der Waals surface area contributed by atoms with Gasteiger partial charge in [-0.05, 0) is 19.3 Å². The molecule has 1 fully saturated rings. The highest BCUT2D eigenvalue weighted by molar-refractivity contribution is 6.32. The molecule has 2 heterocycles. The number of halogens is 1. The Morgan fingerprint density at radius 3 is 2.54 bits per heavy atom. The number of hydrogen-bond donors (Lipinski definition) is 0. The molecule has 13 heavy (non-hydrogen) atoms. The fraction of sp³-hybridized carbons (Fsp3) is 0.667. The maximum atomic E-state index is 6.10. The van der Waals surface area contributed by atoms with Crippen molar-refractivity contribution >= 4 is 17.4 Å². The highest BCUT2D eigenvalue weighted by atomic mass is 35.5. The van der Waals surface area contributed by atoms with Crippen molar-refractivity contribution in [3.8, 4) is 0 Å². The van der Waals surface area contributed by atoms with Gasteiger partial charge in [0, 0.05) is 20.1 Å². The number of hydrogen-bond acceptors (Lipinski definition) is 2. The van der Waals surface area contributed by atoms with Crippen molar-refractivity contribution in [2.24, 2.45) is 7.05 Å². The minimum Gasteiger partial charge on any atom is -0.354 e. The van der Waals surface area contributed by atoms with Crippen molar-refractivity contribution in [3.05, 3.63) is 11.5 Å². The molecule has 0 N–H and O–H groups in total. The highest BCUT2D eigenvalue weighted by Gasteiger charge is 2.16. The van der Waals surface area contributed by atoms with E-state index in [4.69, 9.17) is 11.6 Å². The number of anilines is 1. The molecule has 0 spiro atoms. The van der Waals surface area contributed by atoms with E-state index in [2.05, 4.69) is 9.88 Å². The first-order valence-electron chi connectivity index (χ1n) is 4.71. The number of aromatic nitrogens is 2. The van der Waals surface area contributed by atoms with Crippen LogP contribution in [0.3, 0.4) is 0 Å². The normalized spacial score (nSPS) is 17.8. The SMILES string of the molecule is Cn1cnc(N2CCCCC2)c1Cl. The molecule has 4 heteroatoms. The zero-order valence-corrected chi connectivity index (χ0v) is 8.59. The highest BCUT2D eigenvalue weighted by Crippen LogP contribution is 2.25. The van der Waals surface area contributed by atoms with Crippen LogP contribution in [-0.2, 0) is 7.05 Å². The van der Waals surface area contributed by atoms with Crippen molar-refractivity contribution < 1.29 is 0 Å². The molecule has 0 radical (unpaired) electrons. The summed E-state index contributed by atoms with van der Waals surface area (Å²) in [5, 5.41) is 0.752. The molecule has 1 aliphatic heterocycles. The molecule has 0 saturated carbocycles. The van der Waals surface area contributed by atoms with Crippen molar-refractivity contribution in [3.63, 3.8) is 0 Å². The second-order valence-corrected chi connectivity index (χ2v) is 3.88. The van der Waals surface area contributed by atoms with E-state index in [9.17, 15) is 0 Å². The maximum absolute atomic E-state index is 6.10. The third kappa shape index (κ3) is 1.66. The van der Waals surface area contributed by atoms with Crippen molar-refractivity contribution in [1.82, 2.24) is 9.55 Å². The number of rotatable bonds is 1. The molecule has 0 bridgehead atoms. The van der Waals surface area contributed by atoms with Crippen LogP contribution in [-0.4, -0.2) is 22.6 Å². The average molecular weight is 200 g/mol. The quantitative estimate of drug-likeness (QED) is 0.691. The first-order chi connectivity index (χ1) is 6.29. The molecule has 0 aromatic carbocycles. The van der Waals surface area contributed by atoms with E-state index in [0.29, 0.717) is 0 Å². The Morgan fingerprint density at radius 2 is 2.00 bits per heavy atom. The van der Waals surface area contributed by atoms with Crippen LogP contribution in [0.2, 0.25) is 5.15 Å². The Kier molecular flexibility index (Phi) is 2.44. The molecule has 2 rings (SSSR count). The van der Waals surface area contributed by atoms with Gasteiger partial charge in [0.25, 0.3) is 0 Å². The van der Waals surface area contributed by atoms with Gasteiger partial charge in [-0.1, -0.05) is 11.6 Å². The van der Waals surface area contributed by atoms with Crippen LogP contribution in [0.25, 0.3) is 0 Å². The minimum absolute atomic E-state index is 0.752.